The number of aromatic nitrogens is 2. The molecule has 27 heavy (non-hydrogen) atoms. The second kappa shape index (κ2) is 8.61. The SMILES string of the molecule is COC(=O)C(c1ccccc1)(c1ccccc1)c1ncc[nH]1.CS(=O)(=O)O. The molecule has 1 heterocycles. The molecule has 0 amide bonds. The molecule has 3 rings (SSSR count). The Labute approximate surface area is 157 Å². The molecule has 0 spiro atoms. The highest BCUT2D eigenvalue weighted by Gasteiger charge is 2.47. The third kappa shape index (κ3) is 4.81. The molecule has 0 saturated carbocycles. The highest BCUT2D eigenvalue weighted by Crippen LogP contribution is 2.38. The Balaban J connectivity index is 0.000000465. The van der Waals surface area contributed by atoms with Gasteiger partial charge in [-0.3, -0.25) is 9.35 Å². The smallest absolute Gasteiger partial charge is 0.328 e. The Hall–Kier alpha value is -2.97. The van der Waals surface area contributed by atoms with Crippen molar-refractivity contribution in [1.82, 2.24) is 9.97 Å². The first-order valence-electron chi connectivity index (χ1n) is 7.92. The van der Waals surface area contributed by atoms with Crippen LogP contribution in [0.1, 0.15) is 17.0 Å². The van der Waals surface area contributed by atoms with Crippen LogP contribution < -0.4 is 0 Å². The second-order valence-electron chi connectivity index (χ2n) is 5.64. The van der Waals surface area contributed by atoms with Crippen molar-refractivity contribution < 1.29 is 22.5 Å². The number of aromatic amines is 1. The van der Waals surface area contributed by atoms with Gasteiger partial charge in [-0.15, -0.1) is 0 Å². The van der Waals surface area contributed by atoms with Crippen LogP contribution >= 0.6 is 0 Å². The number of rotatable bonds is 4. The topological polar surface area (TPSA) is 109 Å². The number of benzene rings is 2. The van der Waals surface area contributed by atoms with Gasteiger partial charge < -0.3 is 9.72 Å². The number of nitrogens with zero attached hydrogens (tertiary/aromatic N) is 1. The molecule has 0 aliphatic heterocycles. The lowest BCUT2D eigenvalue weighted by Crippen LogP contribution is -2.40. The lowest BCUT2D eigenvalue weighted by atomic mass is 9.73. The summed E-state index contributed by atoms with van der Waals surface area (Å²) in [6.45, 7) is 0. The summed E-state index contributed by atoms with van der Waals surface area (Å²) < 4.78 is 31.0. The van der Waals surface area contributed by atoms with Crippen LogP contribution in [0.2, 0.25) is 0 Å². The lowest BCUT2D eigenvalue weighted by Gasteiger charge is -2.30. The molecular formula is C19H20N2O5S. The van der Waals surface area contributed by atoms with Gasteiger partial charge in [0.1, 0.15) is 5.82 Å². The number of methoxy groups -OCH3 is 1. The van der Waals surface area contributed by atoms with Gasteiger partial charge in [0.05, 0.1) is 13.4 Å². The summed E-state index contributed by atoms with van der Waals surface area (Å²) >= 11 is 0. The zero-order valence-electron chi connectivity index (χ0n) is 14.9. The molecular weight excluding hydrogens is 368 g/mol. The average molecular weight is 388 g/mol. The summed E-state index contributed by atoms with van der Waals surface area (Å²) in [4.78, 5) is 20.3. The molecule has 0 fully saturated rings. The number of imidazole rings is 1. The predicted molar refractivity (Wildman–Crippen MR) is 101 cm³/mol. The number of ether oxygens (including phenoxy) is 1. The molecule has 8 heteroatoms. The van der Waals surface area contributed by atoms with Crippen LogP contribution in [0, 0.1) is 0 Å². The molecule has 0 atom stereocenters. The summed E-state index contributed by atoms with van der Waals surface area (Å²) in [5.74, 6) is 0.164. The standard InChI is InChI=1S/C18H16N2O2.CH4O3S/c1-22-17(21)18(16-19-12-13-20-16,14-8-4-2-5-9-14)15-10-6-3-7-11-15;1-5(2,3)4/h2-13H,1H3,(H,19,20);1H3,(H,2,3,4). The number of esters is 1. The number of carbonyl (C=O) groups excluding carboxylic acids is 1. The van der Waals surface area contributed by atoms with Gasteiger partial charge in [-0.25, -0.2) is 4.98 Å². The predicted octanol–water partition coefficient (Wildman–Crippen LogP) is 2.42. The Kier molecular flexibility index (Phi) is 6.49. The number of hydrogen-bond acceptors (Lipinski definition) is 5. The lowest BCUT2D eigenvalue weighted by molar-refractivity contribution is -0.144. The second-order valence-corrected chi connectivity index (χ2v) is 7.11. The van der Waals surface area contributed by atoms with E-state index in [1.54, 1.807) is 12.4 Å². The molecule has 0 aliphatic carbocycles. The fourth-order valence-corrected chi connectivity index (χ4v) is 2.77. The van der Waals surface area contributed by atoms with E-state index in [9.17, 15) is 13.2 Å². The summed E-state index contributed by atoms with van der Waals surface area (Å²) in [5.41, 5.74) is 0.506. The molecule has 0 aliphatic rings. The quantitative estimate of drug-likeness (QED) is 0.525. The summed E-state index contributed by atoms with van der Waals surface area (Å²) in [5, 5.41) is 0. The van der Waals surface area contributed by atoms with Gasteiger partial charge in [0, 0.05) is 12.4 Å². The molecule has 0 saturated heterocycles. The monoisotopic (exact) mass is 388 g/mol. The maximum absolute atomic E-state index is 12.9. The average Bonchev–Trinajstić information content (AvgIpc) is 3.17. The molecule has 2 aromatic carbocycles. The summed E-state index contributed by atoms with van der Waals surface area (Å²) in [6.07, 6.45) is 4.06. The van der Waals surface area contributed by atoms with Crippen LogP contribution in [0.4, 0.5) is 0 Å². The Bertz CT molecular complexity index is 908. The zero-order valence-corrected chi connectivity index (χ0v) is 15.7. The highest BCUT2D eigenvalue weighted by atomic mass is 32.2. The third-order valence-corrected chi connectivity index (χ3v) is 3.76. The first-order chi connectivity index (χ1) is 12.8. The number of H-pyrrole nitrogens is 1. The number of carbonyl (C=O) groups is 1. The normalized spacial score (nSPS) is 11.2. The van der Waals surface area contributed by atoms with Gasteiger partial charge in [-0.05, 0) is 11.1 Å². The van der Waals surface area contributed by atoms with Crippen molar-refractivity contribution in [2.45, 2.75) is 5.41 Å². The molecule has 3 aromatic rings. The first-order valence-corrected chi connectivity index (χ1v) is 9.76. The Morgan fingerprint density at radius 1 is 1.04 bits per heavy atom. The summed E-state index contributed by atoms with van der Waals surface area (Å²) in [6, 6.07) is 19.1. The van der Waals surface area contributed by atoms with Crippen LogP contribution in [-0.2, 0) is 25.1 Å². The minimum Gasteiger partial charge on any atom is -0.468 e. The van der Waals surface area contributed by atoms with Gasteiger partial charge >= 0.3 is 5.97 Å². The third-order valence-electron chi connectivity index (χ3n) is 3.76. The molecule has 2 N–H and O–H groups in total. The first kappa shape index (κ1) is 20.3. The van der Waals surface area contributed by atoms with E-state index in [0.717, 1.165) is 11.1 Å². The van der Waals surface area contributed by atoms with Crippen LogP contribution in [0.25, 0.3) is 0 Å². The van der Waals surface area contributed by atoms with Gasteiger partial charge in [0.2, 0.25) is 0 Å². The molecule has 7 nitrogen and oxygen atoms in total. The van der Waals surface area contributed by atoms with E-state index in [1.807, 2.05) is 60.7 Å². The van der Waals surface area contributed by atoms with Crippen LogP contribution in [0.3, 0.4) is 0 Å². The van der Waals surface area contributed by atoms with Gasteiger partial charge in [0.25, 0.3) is 10.1 Å². The van der Waals surface area contributed by atoms with Gasteiger partial charge in [0.15, 0.2) is 5.41 Å². The minimum absolute atomic E-state index is 0.375. The van der Waals surface area contributed by atoms with Gasteiger partial charge in [-0.2, -0.15) is 8.42 Å². The van der Waals surface area contributed by atoms with E-state index < -0.39 is 15.5 Å². The fourth-order valence-electron chi connectivity index (χ4n) is 2.77. The largest absolute Gasteiger partial charge is 0.468 e. The zero-order chi connectivity index (χ0) is 19.9. The molecule has 142 valence electrons. The van der Waals surface area contributed by atoms with E-state index in [4.69, 9.17) is 9.29 Å². The Morgan fingerprint density at radius 2 is 1.48 bits per heavy atom. The number of nitrogens with one attached hydrogen (secondary N) is 1. The fraction of sp³-hybridized carbons (Fsp3) is 0.158. The Morgan fingerprint density at radius 3 is 1.81 bits per heavy atom. The molecule has 0 bridgehead atoms. The highest BCUT2D eigenvalue weighted by molar-refractivity contribution is 7.85. The van der Waals surface area contributed by atoms with E-state index in [1.165, 1.54) is 7.11 Å². The van der Waals surface area contributed by atoms with Crippen molar-refractivity contribution in [1.29, 1.82) is 0 Å². The van der Waals surface area contributed by atoms with Crippen molar-refractivity contribution in [2.24, 2.45) is 0 Å². The van der Waals surface area contributed by atoms with Crippen LogP contribution in [-0.4, -0.2) is 42.3 Å². The minimum atomic E-state index is -3.67. The summed E-state index contributed by atoms with van der Waals surface area (Å²) in [7, 11) is -2.27. The maximum Gasteiger partial charge on any atom is 0.328 e. The van der Waals surface area contributed by atoms with E-state index in [-0.39, 0.29) is 5.97 Å². The van der Waals surface area contributed by atoms with Crippen LogP contribution in [0.15, 0.2) is 73.1 Å². The molecule has 1 aromatic heterocycles. The van der Waals surface area contributed by atoms with Crippen molar-refractivity contribution in [3.63, 3.8) is 0 Å². The van der Waals surface area contributed by atoms with E-state index in [2.05, 4.69) is 9.97 Å². The number of hydrogen-bond donors (Lipinski definition) is 2. The van der Waals surface area contributed by atoms with Crippen LogP contribution in [0.5, 0.6) is 0 Å². The van der Waals surface area contributed by atoms with E-state index >= 15 is 0 Å². The van der Waals surface area contributed by atoms with Crippen molar-refractivity contribution in [3.8, 4) is 0 Å². The van der Waals surface area contributed by atoms with Gasteiger partial charge in [-0.1, -0.05) is 60.7 Å². The molecule has 0 unspecified atom stereocenters. The maximum atomic E-state index is 12.9. The van der Waals surface area contributed by atoms with E-state index in [0.29, 0.717) is 12.1 Å². The van der Waals surface area contributed by atoms with Crippen molar-refractivity contribution in [3.05, 3.63) is 90.0 Å². The molecule has 0 radical (unpaired) electrons. The van der Waals surface area contributed by atoms with Crippen molar-refractivity contribution >= 4 is 16.1 Å². The van der Waals surface area contributed by atoms with Crippen molar-refractivity contribution in [2.75, 3.05) is 13.4 Å².